The zero-order valence-corrected chi connectivity index (χ0v) is 22.0. The van der Waals surface area contributed by atoms with Crippen molar-refractivity contribution in [1.82, 2.24) is 23.3 Å². The van der Waals surface area contributed by atoms with E-state index >= 15 is 0 Å². The van der Waals surface area contributed by atoms with Gasteiger partial charge in [-0.2, -0.15) is 0 Å². The van der Waals surface area contributed by atoms with Crippen LogP contribution in [0.2, 0.25) is 0 Å². The molecular formula is C26H30N6O6. The first kappa shape index (κ1) is 26.5. The summed E-state index contributed by atoms with van der Waals surface area (Å²) in [5.41, 5.74) is 0.371. The molecule has 0 aliphatic rings. The maximum atomic E-state index is 12.8. The lowest BCUT2D eigenvalue weighted by molar-refractivity contribution is 0.0997. The number of carbonyl (C=O) groups is 1. The number of pyridine rings is 1. The number of hydrogen-bond donors (Lipinski definition) is 0. The molecule has 1 amide bonds. The van der Waals surface area contributed by atoms with Crippen LogP contribution in [0.5, 0.6) is 17.2 Å². The van der Waals surface area contributed by atoms with Gasteiger partial charge in [0.05, 0.1) is 33.0 Å². The lowest BCUT2D eigenvalue weighted by Crippen LogP contribution is -2.37. The second-order valence-electron chi connectivity index (χ2n) is 8.65. The number of methoxy groups -OCH3 is 3. The fourth-order valence-corrected chi connectivity index (χ4v) is 4.20. The lowest BCUT2D eigenvalue weighted by Gasteiger charge is -2.12. The number of imidazole rings is 1. The lowest BCUT2D eigenvalue weighted by atomic mass is 10.1. The normalized spacial score (nSPS) is 11.0. The molecule has 12 heteroatoms. The van der Waals surface area contributed by atoms with E-state index in [0.717, 1.165) is 24.0 Å². The van der Waals surface area contributed by atoms with Gasteiger partial charge < -0.3 is 23.3 Å². The molecule has 1 aromatic carbocycles. The quantitative estimate of drug-likeness (QED) is 0.305. The van der Waals surface area contributed by atoms with Gasteiger partial charge in [0.15, 0.2) is 22.7 Å². The van der Waals surface area contributed by atoms with Crippen molar-refractivity contribution in [3.05, 3.63) is 74.7 Å². The van der Waals surface area contributed by atoms with Crippen LogP contribution in [0.3, 0.4) is 0 Å². The number of aryl methyl sites for hydroxylation is 3. The van der Waals surface area contributed by atoms with Crippen molar-refractivity contribution in [3.8, 4) is 17.2 Å². The number of ether oxygens (including phenoxy) is 3. The van der Waals surface area contributed by atoms with E-state index in [2.05, 4.69) is 9.98 Å². The van der Waals surface area contributed by atoms with E-state index in [4.69, 9.17) is 14.2 Å². The van der Waals surface area contributed by atoms with Crippen LogP contribution in [-0.4, -0.2) is 50.5 Å². The topological polar surface area (TPSA) is 124 Å². The molecule has 12 nitrogen and oxygen atoms in total. The van der Waals surface area contributed by atoms with E-state index in [0.29, 0.717) is 45.9 Å². The van der Waals surface area contributed by atoms with E-state index in [1.807, 2.05) is 17.0 Å². The summed E-state index contributed by atoms with van der Waals surface area (Å²) in [6.45, 7) is 1.34. The maximum absolute atomic E-state index is 12.8. The van der Waals surface area contributed by atoms with Crippen LogP contribution in [0.1, 0.15) is 23.2 Å². The van der Waals surface area contributed by atoms with Crippen molar-refractivity contribution in [3.63, 3.8) is 0 Å². The van der Waals surface area contributed by atoms with Crippen LogP contribution in [0.15, 0.2) is 57.6 Å². The summed E-state index contributed by atoms with van der Waals surface area (Å²) in [6, 6.07) is 6.66. The van der Waals surface area contributed by atoms with Gasteiger partial charge in [-0.25, -0.2) is 14.8 Å². The van der Waals surface area contributed by atoms with Crippen LogP contribution >= 0.6 is 0 Å². The maximum Gasteiger partial charge on any atom is 0.332 e. The molecule has 4 aromatic rings. The van der Waals surface area contributed by atoms with Crippen LogP contribution in [0.25, 0.3) is 11.2 Å². The summed E-state index contributed by atoms with van der Waals surface area (Å²) in [6.07, 6.45) is 6.96. The molecule has 0 radical (unpaired) electrons. The average molecular weight is 523 g/mol. The minimum Gasteiger partial charge on any atom is -0.493 e. The fraction of sp³-hybridized carbons (Fsp3) is 0.346. The monoisotopic (exact) mass is 522 g/mol. The van der Waals surface area contributed by atoms with Gasteiger partial charge in [-0.05, 0) is 37.1 Å². The summed E-state index contributed by atoms with van der Waals surface area (Å²) in [4.78, 5) is 45.9. The molecule has 38 heavy (non-hydrogen) atoms. The first-order valence-electron chi connectivity index (χ1n) is 11.9. The molecule has 4 rings (SSSR count). The molecule has 0 aliphatic heterocycles. The molecule has 0 bridgehead atoms. The minimum atomic E-state index is -0.432. The molecule has 0 unspecified atom stereocenters. The molecule has 0 aliphatic carbocycles. The minimum absolute atomic E-state index is 0.318. The number of nitrogens with zero attached hydrogens (tertiary/aromatic N) is 6. The van der Waals surface area contributed by atoms with Crippen molar-refractivity contribution < 1.29 is 19.0 Å². The van der Waals surface area contributed by atoms with Crippen LogP contribution < -0.4 is 30.8 Å². The molecule has 3 heterocycles. The van der Waals surface area contributed by atoms with Crippen molar-refractivity contribution in [2.45, 2.75) is 25.9 Å². The van der Waals surface area contributed by atoms with E-state index in [9.17, 15) is 14.4 Å². The van der Waals surface area contributed by atoms with Crippen molar-refractivity contribution in [2.75, 3.05) is 21.3 Å². The summed E-state index contributed by atoms with van der Waals surface area (Å²) < 4.78 is 22.2. The Bertz CT molecular complexity index is 1630. The Hall–Kier alpha value is -4.61. The van der Waals surface area contributed by atoms with Gasteiger partial charge in [-0.15, -0.1) is 0 Å². The molecule has 0 saturated heterocycles. The average Bonchev–Trinajstić information content (AvgIpc) is 3.37. The summed E-state index contributed by atoms with van der Waals surface area (Å²) in [7, 11) is 7.54. The van der Waals surface area contributed by atoms with Crippen molar-refractivity contribution in [1.29, 1.82) is 0 Å². The number of aromatic nitrogens is 5. The smallest absolute Gasteiger partial charge is 0.332 e. The zero-order chi connectivity index (χ0) is 27.4. The Labute approximate surface area is 218 Å². The molecule has 3 aromatic heterocycles. The Kier molecular flexibility index (Phi) is 7.79. The van der Waals surface area contributed by atoms with Crippen molar-refractivity contribution >= 4 is 17.1 Å². The number of benzene rings is 1. The molecule has 200 valence electrons. The third-order valence-electron chi connectivity index (χ3n) is 6.30. The Balaban J connectivity index is 1.40. The van der Waals surface area contributed by atoms with Crippen molar-refractivity contribution in [2.24, 2.45) is 19.1 Å². The highest BCUT2D eigenvalue weighted by molar-refractivity contribution is 5.96. The Morgan fingerprint density at radius 3 is 2.16 bits per heavy atom. The third kappa shape index (κ3) is 5.10. The predicted octanol–water partition coefficient (Wildman–Crippen LogP) is 1.48. The highest BCUT2D eigenvalue weighted by atomic mass is 16.5. The van der Waals surface area contributed by atoms with Gasteiger partial charge >= 0.3 is 5.69 Å². The van der Waals surface area contributed by atoms with Gasteiger partial charge in [-0.3, -0.25) is 18.7 Å². The highest BCUT2D eigenvalue weighted by Crippen LogP contribution is 2.38. The summed E-state index contributed by atoms with van der Waals surface area (Å²) in [5.74, 6) is 0.730. The van der Waals surface area contributed by atoms with Crippen LogP contribution in [0, 0.1) is 0 Å². The number of fused-ring (bicyclic) bond motifs is 1. The first-order chi connectivity index (χ1) is 18.3. The third-order valence-corrected chi connectivity index (χ3v) is 6.30. The van der Waals surface area contributed by atoms with E-state index < -0.39 is 11.6 Å². The summed E-state index contributed by atoms with van der Waals surface area (Å²) >= 11 is 0. The largest absolute Gasteiger partial charge is 0.493 e. The van der Waals surface area contributed by atoms with Crippen LogP contribution in [-0.2, 0) is 27.2 Å². The molecule has 0 fully saturated rings. The number of unbranched alkanes of at least 4 members (excludes halogenated alkanes) is 1. The zero-order valence-electron chi connectivity index (χ0n) is 22.0. The van der Waals surface area contributed by atoms with E-state index in [1.54, 1.807) is 42.2 Å². The first-order valence-corrected chi connectivity index (χ1v) is 11.9. The number of hydrogen-bond acceptors (Lipinski definition) is 7. The van der Waals surface area contributed by atoms with E-state index in [-0.39, 0.29) is 5.56 Å². The highest BCUT2D eigenvalue weighted by Gasteiger charge is 2.17. The van der Waals surface area contributed by atoms with Gasteiger partial charge in [0.2, 0.25) is 5.75 Å². The Morgan fingerprint density at radius 2 is 1.55 bits per heavy atom. The number of rotatable bonds is 9. The fourth-order valence-electron chi connectivity index (χ4n) is 4.20. The second kappa shape index (κ2) is 11.2. The van der Waals surface area contributed by atoms with Crippen LogP contribution in [0.4, 0.5) is 0 Å². The molecular weight excluding hydrogens is 492 g/mol. The van der Waals surface area contributed by atoms with Gasteiger partial charge in [0.1, 0.15) is 0 Å². The van der Waals surface area contributed by atoms with E-state index in [1.165, 1.54) is 32.9 Å². The Morgan fingerprint density at radius 1 is 0.921 bits per heavy atom. The number of carbonyl (C=O) groups excluding carboxylic acids is 1. The standard InChI is InChI=1S/C26H30N6O6/c1-29-23-21(25(34)30(2)26(29)35)32(16-27-23)11-7-6-10-31-12-8-18(9-13-31)28-24(33)17-14-19(36-3)22(38-5)20(15-17)37-4/h8-9,12-16H,6-7,10-11H2,1-5H3. The predicted molar refractivity (Wildman–Crippen MR) is 140 cm³/mol. The molecule has 0 atom stereocenters. The molecule has 0 N–H and O–H groups in total. The summed E-state index contributed by atoms with van der Waals surface area (Å²) in [5, 5.41) is 0.520. The van der Waals surface area contributed by atoms with Gasteiger partial charge in [0, 0.05) is 45.1 Å². The SMILES string of the molecule is COc1cc(C(=O)N=c2ccn(CCCCn3cnc4c3c(=O)n(C)c(=O)n4C)cc2)cc(OC)c1OC. The van der Waals surface area contributed by atoms with Gasteiger partial charge in [0.25, 0.3) is 11.5 Å². The molecule has 0 saturated carbocycles. The second-order valence-corrected chi connectivity index (χ2v) is 8.65. The number of amides is 1. The molecule has 0 spiro atoms. The van der Waals surface area contributed by atoms with Gasteiger partial charge in [-0.1, -0.05) is 0 Å².